The lowest BCUT2D eigenvalue weighted by molar-refractivity contribution is -0.138. The van der Waals surface area contributed by atoms with Gasteiger partial charge in [-0.1, -0.05) is 25.1 Å². The van der Waals surface area contributed by atoms with Crippen molar-refractivity contribution >= 4 is 11.9 Å². The average Bonchev–Trinajstić information content (AvgIpc) is 2.59. The van der Waals surface area contributed by atoms with Gasteiger partial charge in [-0.05, 0) is 44.0 Å². The minimum absolute atomic E-state index is 0.147. The lowest BCUT2D eigenvalue weighted by Gasteiger charge is -2.28. The Morgan fingerprint density at radius 3 is 2.54 bits per heavy atom. The Balaban J connectivity index is 2.44. The van der Waals surface area contributed by atoms with Crippen molar-refractivity contribution in [2.75, 3.05) is 6.54 Å². The number of benzene rings is 1. The van der Waals surface area contributed by atoms with Gasteiger partial charge in [0, 0.05) is 23.4 Å². The summed E-state index contributed by atoms with van der Waals surface area (Å²) in [6.45, 7) is 5.36. The summed E-state index contributed by atoms with van der Waals surface area (Å²) < 4.78 is 0. The van der Waals surface area contributed by atoms with Crippen LogP contribution in [0.2, 0.25) is 0 Å². The molecule has 0 aliphatic rings. The smallest absolute Gasteiger partial charge is 0.323 e. The van der Waals surface area contributed by atoms with Crippen LogP contribution >= 0.6 is 0 Å². The van der Waals surface area contributed by atoms with Gasteiger partial charge in [-0.3, -0.25) is 14.6 Å². The zero-order valence-corrected chi connectivity index (χ0v) is 14.2. The van der Waals surface area contributed by atoms with Crippen molar-refractivity contribution in [2.45, 2.75) is 33.2 Å². The summed E-state index contributed by atoms with van der Waals surface area (Å²) in [5, 5.41) is 9.12. The van der Waals surface area contributed by atoms with E-state index in [4.69, 9.17) is 5.11 Å². The third-order valence-electron chi connectivity index (χ3n) is 4.19. The molecule has 2 aromatic rings. The van der Waals surface area contributed by atoms with Gasteiger partial charge in [0.2, 0.25) is 0 Å². The second-order valence-corrected chi connectivity index (χ2v) is 5.78. The van der Waals surface area contributed by atoms with E-state index in [-0.39, 0.29) is 18.5 Å². The van der Waals surface area contributed by atoms with E-state index in [9.17, 15) is 9.59 Å². The molecule has 5 nitrogen and oxygen atoms in total. The van der Waals surface area contributed by atoms with E-state index in [2.05, 4.69) is 4.98 Å². The Hall–Kier alpha value is -2.69. The van der Waals surface area contributed by atoms with E-state index in [0.29, 0.717) is 12.0 Å². The first kappa shape index (κ1) is 17.7. The highest BCUT2D eigenvalue weighted by molar-refractivity contribution is 5.98. The van der Waals surface area contributed by atoms with Crippen LogP contribution in [0.15, 0.2) is 42.6 Å². The highest BCUT2D eigenvalue weighted by Crippen LogP contribution is 2.25. The second kappa shape index (κ2) is 7.73. The van der Waals surface area contributed by atoms with Gasteiger partial charge < -0.3 is 10.0 Å². The number of carboxylic acid groups (broad SMARTS) is 1. The molecule has 24 heavy (non-hydrogen) atoms. The first-order chi connectivity index (χ1) is 11.5. The summed E-state index contributed by atoms with van der Waals surface area (Å²) in [4.78, 5) is 29.8. The van der Waals surface area contributed by atoms with E-state index >= 15 is 0 Å². The number of carbonyl (C=O) groups is 2. The zero-order valence-electron chi connectivity index (χ0n) is 14.2. The van der Waals surface area contributed by atoms with Crippen LogP contribution in [0.25, 0.3) is 11.3 Å². The number of hydrogen-bond donors (Lipinski definition) is 1. The van der Waals surface area contributed by atoms with Gasteiger partial charge in [0.15, 0.2) is 0 Å². The number of carbonyl (C=O) groups excluding carboxylic acids is 1. The Kier molecular flexibility index (Phi) is 5.68. The van der Waals surface area contributed by atoms with Crippen molar-refractivity contribution in [2.24, 2.45) is 0 Å². The molecule has 1 amide bonds. The maximum absolute atomic E-state index is 12.9. The molecule has 1 atom stereocenters. The summed E-state index contributed by atoms with van der Waals surface area (Å²) in [5.74, 6) is -1.27. The highest BCUT2D eigenvalue weighted by Gasteiger charge is 2.24. The second-order valence-electron chi connectivity index (χ2n) is 5.78. The minimum Gasteiger partial charge on any atom is -0.480 e. The van der Waals surface area contributed by atoms with E-state index < -0.39 is 5.97 Å². The predicted octanol–water partition coefficient (Wildman–Crippen LogP) is 3.38. The quantitative estimate of drug-likeness (QED) is 0.883. The first-order valence-corrected chi connectivity index (χ1v) is 7.99. The molecular weight excluding hydrogens is 304 g/mol. The van der Waals surface area contributed by atoms with Gasteiger partial charge in [0.25, 0.3) is 5.91 Å². The van der Waals surface area contributed by atoms with Crippen LogP contribution in [0.1, 0.15) is 36.2 Å². The summed E-state index contributed by atoms with van der Waals surface area (Å²) in [5.41, 5.74) is 2.98. The van der Waals surface area contributed by atoms with Crippen LogP contribution in [-0.2, 0) is 4.79 Å². The van der Waals surface area contributed by atoms with Gasteiger partial charge >= 0.3 is 5.97 Å². The van der Waals surface area contributed by atoms with Gasteiger partial charge in [-0.15, -0.1) is 0 Å². The van der Waals surface area contributed by atoms with Gasteiger partial charge in [0.1, 0.15) is 6.54 Å². The number of aromatic nitrogens is 1. The molecule has 0 aliphatic carbocycles. The topological polar surface area (TPSA) is 70.5 Å². The molecule has 1 heterocycles. The van der Waals surface area contributed by atoms with Crippen LogP contribution in [0.5, 0.6) is 0 Å². The predicted molar refractivity (Wildman–Crippen MR) is 92.8 cm³/mol. The minimum atomic E-state index is -1.01. The van der Waals surface area contributed by atoms with Crippen molar-refractivity contribution in [3.8, 4) is 11.3 Å². The number of pyridine rings is 1. The molecule has 126 valence electrons. The molecule has 2 rings (SSSR count). The van der Waals surface area contributed by atoms with Crippen LogP contribution in [0, 0.1) is 6.92 Å². The van der Waals surface area contributed by atoms with Crippen LogP contribution in [-0.4, -0.2) is 39.5 Å². The summed E-state index contributed by atoms with van der Waals surface area (Å²) in [6.07, 6.45) is 2.40. The largest absolute Gasteiger partial charge is 0.480 e. The van der Waals surface area contributed by atoms with Crippen LogP contribution in [0.4, 0.5) is 0 Å². The molecule has 0 fully saturated rings. The molecule has 0 aliphatic heterocycles. The van der Waals surface area contributed by atoms with E-state index in [0.717, 1.165) is 16.8 Å². The number of aliphatic carboxylic acids is 1. The maximum Gasteiger partial charge on any atom is 0.323 e. The van der Waals surface area contributed by atoms with Gasteiger partial charge in [-0.25, -0.2) is 0 Å². The van der Waals surface area contributed by atoms with Gasteiger partial charge in [-0.2, -0.15) is 0 Å². The molecule has 5 heteroatoms. The first-order valence-electron chi connectivity index (χ1n) is 7.99. The standard InChI is InChI=1S/C19H22N2O3/c1-4-13(2)21(12-18(22)23)19(24)16-9-7-8-15(14(16)3)17-10-5-6-11-20-17/h5-11,13H,4,12H2,1-3H3,(H,22,23). The molecule has 1 unspecified atom stereocenters. The maximum atomic E-state index is 12.9. The van der Waals surface area contributed by atoms with Crippen LogP contribution < -0.4 is 0 Å². The van der Waals surface area contributed by atoms with Crippen molar-refractivity contribution in [3.63, 3.8) is 0 Å². The molecule has 1 N–H and O–H groups in total. The Morgan fingerprint density at radius 1 is 1.21 bits per heavy atom. The Labute approximate surface area is 142 Å². The third-order valence-corrected chi connectivity index (χ3v) is 4.19. The lowest BCUT2D eigenvalue weighted by atomic mass is 9.98. The summed E-state index contributed by atoms with van der Waals surface area (Å²) in [6, 6.07) is 10.9. The fourth-order valence-electron chi connectivity index (χ4n) is 2.62. The SMILES string of the molecule is CCC(C)N(CC(=O)O)C(=O)c1cccc(-c2ccccn2)c1C. The zero-order chi connectivity index (χ0) is 17.7. The Bertz CT molecular complexity index is 729. The normalized spacial score (nSPS) is 11.8. The fraction of sp³-hybridized carbons (Fsp3) is 0.316. The molecule has 0 bridgehead atoms. The Morgan fingerprint density at radius 2 is 1.96 bits per heavy atom. The molecule has 0 radical (unpaired) electrons. The molecule has 0 saturated carbocycles. The van der Waals surface area contributed by atoms with E-state index in [1.165, 1.54) is 4.90 Å². The van der Waals surface area contributed by atoms with Crippen LogP contribution in [0.3, 0.4) is 0 Å². The summed E-state index contributed by atoms with van der Waals surface area (Å²) in [7, 11) is 0. The van der Waals surface area contributed by atoms with Crippen molar-refractivity contribution in [1.29, 1.82) is 0 Å². The van der Waals surface area contributed by atoms with E-state index in [1.807, 2.05) is 45.0 Å². The molecule has 1 aromatic carbocycles. The third kappa shape index (κ3) is 3.79. The lowest BCUT2D eigenvalue weighted by Crippen LogP contribution is -2.42. The molecule has 1 aromatic heterocycles. The fourth-order valence-corrected chi connectivity index (χ4v) is 2.62. The van der Waals surface area contributed by atoms with Crippen molar-refractivity contribution in [1.82, 2.24) is 9.88 Å². The number of carboxylic acids is 1. The summed E-state index contributed by atoms with van der Waals surface area (Å²) >= 11 is 0. The van der Waals surface area contributed by atoms with Gasteiger partial charge in [0.05, 0.1) is 5.69 Å². The molecule has 0 spiro atoms. The van der Waals surface area contributed by atoms with Crippen molar-refractivity contribution < 1.29 is 14.7 Å². The average molecular weight is 326 g/mol. The van der Waals surface area contributed by atoms with Crippen molar-refractivity contribution in [3.05, 3.63) is 53.7 Å². The number of amides is 1. The number of rotatable bonds is 6. The number of nitrogens with zero attached hydrogens (tertiary/aromatic N) is 2. The molecular formula is C19H22N2O3. The molecule has 0 saturated heterocycles. The highest BCUT2D eigenvalue weighted by atomic mass is 16.4. The van der Waals surface area contributed by atoms with E-state index in [1.54, 1.807) is 18.3 Å². The monoisotopic (exact) mass is 326 g/mol. The number of hydrogen-bond acceptors (Lipinski definition) is 3.